The van der Waals surface area contributed by atoms with Crippen LogP contribution in [-0.4, -0.2) is 59.5 Å². The first-order chi connectivity index (χ1) is 22.5. The number of hydrogen-bond acceptors (Lipinski definition) is 5. The van der Waals surface area contributed by atoms with E-state index in [9.17, 15) is 27.6 Å². The number of aromatic amines is 1. The fourth-order valence-corrected chi connectivity index (χ4v) is 6.49. The lowest BCUT2D eigenvalue weighted by atomic mass is 9.81. The molecule has 0 aliphatic carbocycles. The van der Waals surface area contributed by atoms with Gasteiger partial charge in [-0.3, -0.25) is 19.3 Å². The molecule has 14 heteroatoms. The van der Waals surface area contributed by atoms with E-state index in [4.69, 9.17) is 0 Å². The van der Waals surface area contributed by atoms with Crippen molar-refractivity contribution in [1.29, 1.82) is 0 Å². The van der Waals surface area contributed by atoms with Crippen molar-refractivity contribution in [1.82, 2.24) is 15.2 Å². The molecule has 1 aliphatic heterocycles. The quantitative estimate of drug-likeness (QED) is 0.228. The zero-order valence-corrected chi connectivity index (χ0v) is 28.6. The number of piperazine rings is 1. The number of pyridine rings is 1. The maximum atomic E-state index is 16.0. The van der Waals surface area contributed by atoms with Crippen LogP contribution in [0, 0.1) is 22.9 Å². The van der Waals surface area contributed by atoms with E-state index < -0.39 is 74.4 Å². The minimum atomic E-state index is -5.06. The Morgan fingerprint density at radius 1 is 0.837 bits per heavy atom. The van der Waals surface area contributed by atoms with Crippen LogP contribution in [0.2, 0.25) is 0 Å². The van der Waals surface area contributed by atoms with Crippen molar-refractivity contribution in [2.24, 2.45) is 5.41 Å². The zero-order valence-electron chi connectivity index (χ0n) is 28.6. The summed E-state index contributed by atoms with van der Waals surface area (Å²) in [6.07, 6.45) is -3.93. The van der Waals surface area contributed by atoms with E-state index >= 15 is 13.2 Å². The molecule has 2 heterocycles. The average Bonchev–Trinajstić information content (AvgIpc) is 2.94. The molecular weight excluding hydrogens is 652 g/mol. The van der Waals surface area contributed by atoms with Crippen LogP contribution in [0.25, 0.3) is 11.1 Å². The Labute approximate surface area is 280 Å². The standard InChI is InChI=1S/C35H41F6N5O3/c1-18-15-46(16-19(2)45(18)8)29-13-27(38)21(10-28(29)43-31(48)23-14-42-30(47)11-24(23)35(39,40)41)20-9-22(26(37)12-25(20)36)32(49)44-34(6,7)17-33(3,4)5/h9-14,18-19H,15-17H2,1-8H3,(H,42,47)(H,43,48)(H,44,49)/t18-,19+. The second-order valence-electron chi connectivity index (χ2n) is 14.6. The minimum absolute atomic E-state index is 0.0517. The lowest BCUT2D eigenvalue weighted by Crippen LogP contribution is -2.55. The molecule has 266 valence electrons. The zero-order chi connectivity index (χ0) is 36.8. The van der Waals surface area contributed by atoms with Gasteiger partial charge < -0.3 is 20.5 Å². The van der Waals surface area contributed by atoms with Gasteiger partial charge in [-0.15, -0.1) is 0 Å². The van der Waals surface area contributed by atoms with Gasteiger partial charge in [-0.2, -0.15) is 13.2 Å². The van der Waals surface area contributed by atoms with Crippen LogP contribution in [0.4, 0.5) is 37.7 Å². The third-order valence-electron chi connectivity index (χ3n) is 8.52. The van der Waals surface area contributed by atoms with E-state index in [1.54, 1.807) is 18.7 Å². The van der Waals surface area contributed by atoms with Gasteiger partial charge in [0.25, 0.3) is 11.8 Å². The molecule has 1 fully saturated rings. The highest BCUT2D eigenvalue weighted by atomic mass is 19.4. The number of rotatable bonds is 7. The van der Waals surface area contributed by atoms with Crippen molar-refractivity contribution in [3.63, 3.8) is 0 Å². The maximum absolute atomic E-state index is 16.0. The number of carbonyl (C=O) groups is 2. The normalized spacial score (nSPS) is 17.6. The van der Waals surface area contributed by atoms with Crippen molar-refractivity contribution in [2.45, 2.75) is 78.7 Å². The highest BCUT2D eigenvalue weighted by Gasteiger charge is 2.37. The van der Waals surface area contributed by atoms with E-state index in [2.05, 4.69) is 20.5 Å². The Bertz CT molecular complexity index is 1800. The van der Waals surface area contributed by atoms with Gasteiger partial charge in [0, 0.05) is 60.2 Å². The molecule has 0 spiro atoms. The van der Waals surface area contributed by atoms with Gasteiger partial charge in [-0.05, 0) is 64.8 Å². The molecule has 49 heavy (non-hydrogen) atoms. The van der Waals surface area contributed by atoms with Gasteiger partial charge in [-0.25, -0.2) is 13.2 Å². The van der Waals surface area contributed by atoms with Crippen LogP contribution in [0.1, 0.15) is 81.2 Å². The molecule has 0 radical (unpaired) electrons. The number of hydrogen-bond donors (Lipinski definition) is 3. The molecule has 0 unspecified atom stereocenters. The summed E-state index contributed by atoms with van der Waals surface area (Å²) < 4.78 is 88.0. The Morgan fingerprint density at radius 3 is 1.98 bits per heavy atom. The number of aromatic nitrogens is 1. The molecule has 2 atom stereocenters. The third-order valence-corrected chi connectivity index (χ3v) is 8.52. The second kappa shape index (κ2) is 13.5. The summed E-state index contributed by atoms with van der Waals surface area (Å²) >= 11 is 0. The van der Waals surface area contributed by atoms with Gasteiger partial charge >= 0.3 is 6.18 Å². The predicted molar refractivity (Wildman–Crippen MR) is 176 cm³/mol. The number of likely N-dealkylation sites (N-methyl/N-ethyl adjacent to an activating group) is 1. The molecule has 1 aliphatic rings. The van der Waals surface area contributed by atoms with Crippen LogP contribution in [0.3, 0.4) is 0 Å². The molecule has 3 aromatic rings. The van der Waals surface area contributed by atoms with Crippen molar-refractivity contribution in [3.05, 3.63) is 81.0 Å². The number of nitrogens with one attached hydrogen (secondary N) is 3. The number of anilines is 2. The SMILES string of the molecule is C[C@@H]1CN(c2cc(F)c(-c3cc(C(=O)NC(C)(C)CC(C)(C)C)c(F)cc3F)cc2NC(=O)c2c[nH]c(=O)cc2C(F)(F)F)C[C@H](C)N1C. The number of alkyl halides is 3. The van der Waals surface area contributed by atoms with Crippen molar-refractivity contribution in [3.8, 4) is 11.1 Å². The molecule has 1 saturated heterocycles. The van der Waals surface area contributed by atoms with Crippen LogP contribution >= 0.6 is 0 Å². The lowest BCUT2D eigenvalue weighted by molar-refractivity contribution is -0.138. The number of halogens is 6. The minimum Gasteiger partial charge on any atom is -0.367 e. The highest BCUT2D eigenvalue weighted by Crippen LogP contribution is 2.39. The summed E-state index contributed by atoms with van der Waals surface area (Å²) in [5.74, 6) is -5.53. The number of H-pyrrole nitrogens is 1. The lowest BCUT2D eigenvalue weighted by Gasteiger charge is -2.44. The highest BCUT2D eigenvalue weighted by molar-refractivity contribution is 6.07. The largest absolute Gasteiger partial charge is 0.417 e. The Kier molecular flexibility index (Phi) is 10.3. The van der Waals surface area contributed by atoms with Crippen molar-refractivity contribution in [2.75, 3.05) is 30.4 Å². The van der Waals surface area contributed by atoms with E-state index in [1.165, 1.54) is 0 Å². The number of benzene rings is 2. The van der Waals surface area contributed by atoms with Gasteiger partial charge in [0.15, 0.2) is 0 Å². The first-order valence-corrected chi connectivity index (χ1v) is 15.7. The fraction of sp³-hybridized carbons (Fsp3) is 0.457. The summed E-state index contributed by atoms with van der Waals surface area (Å²) in [5.41, 5.74) is -6.11. The molecule has 2 aromatic carbocycles. The Balaban J connectivity index is 1.85. The first kappa shape index (κ1) is 37.5. The number of carbonyl (C=O) groups excluding carboxylic acids is 2. The van der Waals surface area contributed by atoms with Crippen molar-refractivity contribution < 1.29 is 35.9 Å². The summed E-state index contributed by atoms with van der Waals surface area (Å²) in [6.45, 7) is 13.9. The monoisotopic (exact) mass is 693 g/mol. The molecular formula is C35H41F6N5O3. The summed E-state index contributed by atoms with van der Waals surface area (Å²) in [5, 5.41) is 5.14. The van der Waals surface area contributed by atoms with E-state index in [-0.39, 0.29) is 34.9 Å². The van der Waals surface area contributed by atoms with E-state index in [0.29, 0.717) is 31.8 Å². The number of amides is 2. The topological polar surface area (TPSA) is 97.5 Å². The van der Waals surface area contributed by atoms with Gasteiger partial charge in [0.05, 0.1) is 28.1 Å². The Hall–Kier alpha value is -4.33. The average molecular weight is 694 g/mol. The molecule has 4 rings (SSSR count). The first-order valence-electron chi connectivity index (χ1n) is 15.7. The molecule has 0 saturated carbocycles. The smallest absolute Gasteiger partial charge is 0.367 e. The third kappa shape index (κ3) is 8.64. The number of nitrogens with zero attached hydrogens (tertiary/aromatic N) is 2. The maximum Gasteiger partial charge on any atom is 0.417 e. The summed E-state index contributed by atoms with van der Waals surface area (Å²) in [6, 6.07) is 3.51. The second-order valence-corrected chi connectivity index (χ2v) is 14.6. The molecule has 1 aromatic heterocycles. The summed E-state index contributed by atoms with van der Waals surface area (Å²) in [7, 11) is 1.91. The van der Waals surface area contributed by atoms with Crippen LogP contribution < -0.4 is 21.1 Å². The van der Waals surface area contributed by atoms with Crippen molar-refractivity contribution >= 4 is 23.2 Å². The molecule has 0 bridgehead atoms. The van der Waals surface area contributed by atoms with Gasteiger partial charge in [-0.1, -0.05) is 20.8 Å². The Morgan fingerprint density at radius 2 is 1.41 bits per heavy atom. The van der Waals surface area contributed by atoms with E-state index in [0.717, 1.165) is 18.2 Å². The van der Waals surface area contributed by atoms with Crippen LogP contribution in [-0.2, 0) is 6.18 Å². The fourth-order valence-electron chi connectivity index (χ4n) is 6.49. The molecule has 3 N–H and O–H groups in total. The van der Waals surface area contributed by atoms with Gasteiger partial charge in [0.1, 0.15) is 17.5 Å². The van der Waals surface area contributed by atoms with Crippen LogP contribution in [0.5, 0.6) is 0 Å². The molecule has 8 nitrogen and oxygen atoms in total. The van der Waals surface area contributed by atoms with Gasteiger partial charge in [0.2, 0.25) is 5.56 Å². The van der Waals surface area contributed by atoms with E-state index in [1.807, 2.05) is 41.7 Å². The summed E-state index contributed by atoms with van der Waals surface area (Å²) in [4.78, 5) is 44.2. The predicted octanol–water partition coefficient (Wildman–Crippen LogP) is 7.20. The molecule has 2 amide bonds. The van der Waals surface area contributed by atoms with Crippen LogP contribution in [0.15, 0.2) is 41.3 Å².